The van der Waals surface area contributed by atoms with Crippen LogP contribution in [0.1, 0.15) is 24.1 Å². The number of hydrogen-bond acceptors (Lipinski definition) is 5. The third kappa shape index (κ3) is 5.24. The molecular formula is C23H28ClN3O3. The lowest BCUT2D eigenvalue weighted by molar-refractivity contribution is -0.120. The summed E-state index contributed by atoms with van der Waals surface area (Å²) >= 11 is 6.23. The topological polar surface area (TPSA) is 63.7 Å². The van der Waals surface area contributed by atoms with Crippen LogP contribution in [0.2, 0.25) is 5.02 Å². The van der Waals surface area contributed by atoms with Crippen molar-refractivity contribution in [2.75, 3.05) is 32.8 Å². The predicted molar refractivity (Wildman–Crippen MR) is 116 cm³/mol. The van der Waals surface area contributed by atoms with E-state index in [9.17, 15) is 4.79 Å². The van der Waals surface area contributed by atoms with Crippen molar-refractivity contribution >= 4 is 17.5 Å². The Morgan fingerprint density at radius 1 is 1.27 bits per heavy atom. The molecule has 1 saturated heterocycles. The number of para-hydroxylation sites is 1. The largest absolute Gasteiger partial charge is 0.486 e. The molecule has 30 heavy (non-hydrogen) atoms. The highest BCUT2D eigenvalue weighted by molar-refractivity contribution is 6.32. The molecule has 2 aliphatic rings. The number of aromatic nitrogens is 1. The summed E-state index contributed by atoms with van der Waals surface area (Å²) in [4.78, 5) is 18.9. The lowest BCUT2D eigenvalue weighted by atomic mass is 9.96. The van der Waals surface area contributed by atoms with Crippen LogP contribution in [0.5, 0.6) is 11.5 Å². The van der Waals surface area contributed by atoms with Crippen molar-refractivity contribution in [1.29, 1.82) is 0 Å². The Morgan fingerprint density at radius 2 is 2.10 bits per heavy atom. The fourth-order valence-corrected chi connectivity index (χ4v) is 4.26. The first kappa shape index (κ1) is 20.9. The lowest BCUT2D eigenvalue weighted by Gasteiger charge is -2.35. The minimum absolute atomic E-state index is 0.0172. The summed E-state index contributed by atoms with van der Waals surface area (Å²) in [6, 6.07) is 9.41. The third-order valence-electron chi connectivity index (χ3n) is 5.86. The maximum absolute atomic E-state index is 12.3. The number of pyridine rings is 1. The van der Waals surface area contributed by atoms with Crippen molar-refractivity contribution in [2.24, 2.45) is 5.92 Å². The highest BCUT2D eigenvalue weighted by Crippen LogP contribution is 2.38. The van der Waals surface area contributed by atoms with Gasteiger partial charge in [0, 0.05) is 25.0 Å². The number of nitrogens with one attached hydrogen (secondary N) is 1. The van der Waals surface area contributed by atoms with E-state index in [-0.39, 0.29) is 12.0 Å². The first-order valence-electron chi connectivity index (χ1n) is 10.6. The molecule has 1 N–H and O–H groups in total. The van der Waals surface area contributed by atoms with Gasteiger partial charge in [-0.25, -0.2) is 0 Å². The van der Waals surface area contributed by atoms with Gasteiger partial charge in [-0.1, -0.05) is 23.7 Å². The summed E-state index contributed by atoms with van der Waals surface area (Å²) in [5.41, 5.74) is 1.90. The van der Waals surface area contributed by atoms with Crippen molar-refractivity contribution in [2.45, 2.75) is 32.3 Å². The average Bonchev–Trinajstić information content (AvgIpc) is 2.75. The van der Waals surface area contributed by atoms with Crippen molar-refractivity contribution in [3.05, 3.63) is 52.8 Å². The van der Waals surface area contributed by atoms with Gasteiger partial charge in [-0.05, 0) is 62.5 Å². The van der Waals surface area contributed by atoms with Gasteiger partial charge >= 0.3 is 0 Å². The van der Waals surface area contributed by atoms with Crippen LogP contribution in [0.3, 0.4) is 0 Å². The van der Waals surface area contributed by atoms with E-state index in [1.165, 1.54) is 0 Å². The number of halogens is 1. The van der Waals surface area contributed by atoms with Gasteiger partial charge in [-0.2, -0.15) is 0 Å². The number of aryl methyl sites for hydroxylation is 1. The number of ether oxygens (including phenoxy) is 2. The van der Waals surface area contributed by atoms with Crippen LogP contribution < -0.4 is 14.8 Å². The quantitative estimate of drug-likeness (QED) is 0.763. The number of hydrogen-bond donors (Lipinski definition) is 1. The first-order valence-corrected chi connectivity index (χ1v) is 10.9. The second kappa shape index (κ2) is 9.67. The Hall–Kier alpha value is -2.31. The molecule has 1 aromatic carbocycles. The molecule has 4 rings (SSSR count). The number of benzene rings is 1. The van der Waals surface area contributed by atoms with E-state index in [0.717, 1.165) is 56.0 Å². The predicted octanol–water partition coefficient (Wildman–Crippen LogP) is 3.25. The van der Waals surface area contributed by atoms with Gasteiger partial charge in [0.1, 0.15) is 12.7 Å². The molecule has 2 aliphatic heterocycles. The maximum Gasteiger partial charge on any atom is 0.224 e. The van der Waals surface area contributed by atoms with E-state index < -0.39 is 0 Å². The van der Waals surface area contributed by atoms with Gasteiger partial charge in [0.25, 0.3) is 0 Å². The molecule has 3 heterocycles. The molecule has 0 radical (unpaired) electrons. The van der Waals surface area contributed by atoms with Crippen LogP contribution in [0, 0.1) is 12.8 Å². The summed E-state index contributed by atoms with van der Waals surface area (Å²) in [6.45, 7) is 6.03. The Kier molecular flexibility index (Phi) is 6.75. The van der Waals surface area contributed by atoms with E-state index in [1.54, 1.807) is 6.20 Å². The van der Waals surface area contributed by atoms with Gasteiger partial charge in [-0.3, -0.25) is 14.7 Å². The van der Waals surface area contributed by atoms with Gasteiger partial charge in [-0.15, -0.1) is 0 Å². The molecule has 160 valence electrons. The summed E-state index contributed by atoms with van der Waals surface area (Å²) in [5, 5.41) is 3.69. The number of carbonyl (C=O) groups is 1. The molecule has 1 amide bonds. The van der Waals surface area contributed by atoms with E-state index in [1.807, 2.05) is 37.3 Å². The fourth-order valence-electron chi connectivity index (χ4n) is 4.05. The molecule has 1 atom stereocenters. The van der Waals surface area contributed by atoms with Crippen molar-refractivity contribution < 1.29 is 14.3 Å². The number of likely N-dealkylation sites (tertiary alicyclic amines) is 1. The Morgan fingerprint density at radius 3 is 2.90 bits per heavy atom. The Balaban J connectivity index is 1.18. The lowest BCUT2D eigenvalue weighted by Crippen LogP contribution is -2.45. The van der Waals surface area contributed by atoms with E-state index in [2.05, 4.69) is 15.2 Å². The smallest absolute Gasteiger partial charge is 0.224 e. The molecule has 6 nitrogen and oxygen atoms in total. The minimum atomic E-state index is -0.0172. The zero-order valence-corrected chi connectivity index (χ0v) is 18.0. The standard InChI is InChI=1S/C23H28ClN3O3/c1-16-18(4-3-9-25-16)12-22(28)26-13-17-7-10-27(11-8-17)14-19-15-29-21-6-2-5-20(24)23(21)30-19/h2-6,9,17,19H,7-8,10-15H2,1H3,(H,26,28). The van der Waals surface area contributed by atoms with E-state index in [4.69, 9.17) is 21.1 Å². The molecule has 1 unspecified atom stereocenters. The Labute approximate surface area is 182 Å². The molecule has 1 aromatic heterocycles. The van der Waals surface area contributed by atoms with Crippen molar-refractivity contribution in [3.8, 4) is 11.5 Å². The summed E-state index contributed by atoms with van der Waals surface area (Å²) < 4.78 is 11.9. The zero-order chi connectivity index (χ0) is 20.9. The number of amides is 1. The number of carbonyl (C=O) groups excluding carboxylic acids is 1. The molecule has 2 aromatic rings. The molecule has 7 heteroatoms. The summed E-state index contributed by atoms with van der Waals surface area (Å²) in [6.07, 6.45) is 4.26. The van der Waals surface area contributed by atoms with Crippen LogP contribution in [-0.2, 0) is 11.2 Å². The maximum atomic E-state index is 12.3. The van der Waals surface area contributed by atoms with Gasteiger partial charge in [0.15, 0.2) is 11.5 Å². The van der Waals surface area contributed by atoms with E-state index >= 15 is 0 Å². The monoisotopic (exact) mass is 429 g/mol. The van der Waals surface area contributed by atoms with Gasteiger partial charge in [0.05, 0.1) is 11.4 Å². The third-order valence-corrected chi connectivity index (χ3v) is 6.16. The van der Waals surface area contributed by atoms with Crippen LogP contribution >= 0.6 is 11.6 Å². The number of fused-ring (bicyclic) bond motifs is 1. The highest BCUT2D eigenvalue weighted by Gasteiger charge is 2.27. The summed E-state index contributed by atoms with van der Waals surface area (Å²) in [5.74, 6) is 1.95. The molecule has 0 aliphatic carbocycles. The van der Waals surface area contributed by atoms with Gasteiger partial charge < -0.3 is 14.8 Å². The molecular weight excluding hydrogens is 402 g/mol. The molecule has 0 saturated carbocycles. The van der Waals surface area contributed by atoms with Crippen LogP contribution in [0.15, 0.2) is 36.5 Å². The second-order valence-corrected chi connectivity index (χ2v) is 8.50. The summed E-state index contributed by atoms with van der Waals surface area (Å²) in [7, 11) is 0. The van der Waals surface area contributed by atoms with Crippen molar-refractivity contribution in [1.82, 2.24) is 15.2 Å². The normalized spacial score (nSPS) is 19.5. The minimum Gasteiger partial charge on any atom is -0.486 e. The highest BCUT2D eigenvalue weighted by atomic mass is 35.5. The Bertz CT molecular complexity index is 884. The second-order valence-electron chi connectivity index (χ2n) is 8.09. The SMILES string of the molecule is Cc1ncccc1CC(=O)NCC1CCN(CC2COc3cccc(Cl)c3O2)CC1. The molecule has 0 bridgehead atoms. The van der Waals surface area contributed by atoms with E-state index in [0.29, 0.717) is 29.7 Å². The van der Waals surface area contributed by atoms with Crippen LogP contribution in [0.25, 0.3) is 0 Å². The number of piperidine rings is 1. The first-order chi connectivity index (χ1) is 14.6. The molecule has 0 spiro atoms. The zero-order valence-electron chi connectivity index (χ0n) is 17.3. The number of rotatable bonds is 6. The van der Waals surface area contributed by atoms with Gasteiger partial charge in [0.2, 0.25) is 5.91 Å². The van der Waals surface area contributed by atoms with Crippen LogP contribution in [-0.4, -0.2) is 54.7 Å². The fraction of sp³-hybridized carbons (Fsp3) is 0.478. The average molecular weight is 430 g/mol. The number of nitrogens with zero attached hydrogens (tertiary/aromatic N) is 2. The van der Waals surface area contributed by atoms with Crippen molar-refractivity contribution in [3.63, 3.8) is 0 Å². The van der Waals surface area contributed by atoms with Crippen LogP contribution in [0.4, 0.5) is 0 Å². The molecule has 1 fully saturated rings.